The van der Waals surface area contributed by atoms with E-state index in [0.29, 0.717) is 17.0 Å². The van der Waals surface area contributed by atoms with E-state index in [4.69, 9.17) is 37.4 Å². The van der Waals surface area contributed by atoms with Gasteiger partial charge >= 0.3 is 18.0 Å². The minimum Gasteiger partial charge on any atom is -0.466 e. The van der Waals surface area contributed by atoms with Crippen LogP contribution in [-0.2, 0) is 28.6 Å². The van der Waals surface area contributed by atoms with E-state index in [1.54, 1.807) is 32.0 Å². The second kappa shape index (κ2) is 11.8. The van der Waals surface area contributed by atoms with Crippen LogP contribution in [0.2, 0.25) is 10.0 Å². The fourth-order valence-corrected chi connectivity index (χ4v) is 4.49. The second-order valence-electron chi connectivity index (χ2n) is 8.05. The highest BCUT2D eigenvalue weighted by Gasteiger charge is 2.40. The molecule has 0 aliphatic carbocycles. The number of likely N-dealkylation sites (N-methyl/N-ethyl adjacent to an activating group) is 1. The van der Waals surface area contributed by atoms with Gasteiger partial charge in [-0.05, 0) is 25.5 Å². The van der Waals surface area contributed by atoms with Gasteiger partial charge in [-0.1, -0.05) is 35.3 Å². The van der Waals surface area contributed by atoms with Crippen LogP contribution in [0.1, 0.15) is 25.3 Å². The summed E-state index contributed by atoms with van der Waals surface area (Å²) in [4.78, 5) is 52.2. The number of carbonyl (C=O) groups excluding carboxylic acids is 4. The molecule has 12 heteroatoms. The Morgan fingerprint density at radius 3 is 2.50 bits per heavy atom. The number of ether oxygens (including phenoxy) is 3. The number of methoxy groups -OCH3 is 1. The van der Waals surface area contributed by atoms with E-state index < -0.39 is 23.9 Å². The minimum atomic E-state index is -0.936. The van der Waals surface area contributed by atoms with Crippen LogP contribution >= 0.6 is 23.2 Å². The largest absolute Gasteiger partial charge is 0.466 e. The van der Waals surface area contributed by atoms with Crippen molar-refractivity contribution in [1.82, 2.24) is 15.1 Å². The Morgan fingerprint density at radius 2 is 1.89 bits per heavy atom. The molecule has 3 rings (SSSR count). The fourth-order valence-electron chi connectivity index (χ4n) is 4.07. The summed E-state index contributed by atoms with van der Waals surface area (Å²) in [6, 6.07) is 4.54. The zero-order chi connectivity index (χ0) is 26.6. The molecule has 2 heterocycles. The van der Waals surface area contributed by atoms with Gasteiger partial charge in [-0.3, -0.25) is 9.69 Å². The number of carbonyl (C=O) groups is 4. The van der Waals surface area contributed by atoms with E-state index in [1.807, 2.05) is 0 Å². The summed E-state index contributed by atoms with van der Waals surface area (Å²) in [6.07, 6.45) is 0. The normalized spacial score (nSPS) is 18.1. The number of urea groups is 1. The van der Waals surface area contributed by atoms with Gasteiger partial charge in [-0.25, -0.2) is 14.4 Å². The molecular formula is C24H27Cl2N3O7. The lowest BCUT2D eigenvalue weighted by Crippen LogP contribution is -2.35. The van der Waals surface area contributed by atoms with E-state index in [1.165, 1.54) is 19.1 Å². The lowest BCUT2D eigenvalue weighted by molar-refractivity contribution is -0.139. The monoisotopic (exact) mass is 539 g/mol. The highest BCUT2D eigenvalue weighted by Crippen LogP contribution is 2.43. The molecule has 1 aromatic rings. The van der Waals surface area contributed by atoms with E-state index in [9.17, 15) is 19.2 Å². The summed E-state index contributed by atoms with van der Waals surface area (Å²) in [6.45, 7) is 3.63. The summed E-state index contributed by atoms with van der Waals surface area (Å²) in [5.74, 6) is -2.54. The maximum atomic E-state index is 13.2. The van der Waals surface area contributed by atoms with Crippen LogP contribution in [-0.4, -0.2) is 80.7 Å². The number of hydrogen-bond acceptors (Lipinski definition) is 8. The molecule has 2 aliphatic rings. The Hall–Kier alpha value is -3.08. The van der Waals surface area contributed by atoms with E-state index in [2.05, 4.69) is 5.32 Å². The lowest BCUT2D eigenvalue weighted by atomic mass is 9.80. The zero-order valence-corrected chi connectivity index (χ0v) is 21.9. The quantitative estimate of drug-likeness (QED) is 0.289. The molecular weight excluding hydrogens is 513 g/mol. The Bertz CT molecular complexity index is 1150. The molecule has 1 fully saturated rings. The predicted molar refractivity (Wildman–Crippen MR) is 131 cm³/mol. The molecule has 1 aromatic carbocycles. The third kappa shape index (κ3) is 5.50. The van der Waals surface area contributed by atoms with E-state index in [0.717, 1.165) is 4.90 Å². The third-order valence-electron chi connectivity index (χ3n) is 5.85. The first kappa shape index (κ1) is 27.5. The molecule has 36 heavy (non-hydrogen) atoms. The van der Waals surface area contributed by atoms with Crippen molar-refractivity contribution in [2.45, 2.75) is 19.8 Å². The second-order valence-corrected chi connectivity index (χ2v) is 8.84. The molecule has 1 atom stereocenters. The molecule has 0 radical (unpaired) electrons. The molecule has 0 spiro atoms. The van der Waals surface area contributed by atoms with Crippen LogP contribution in [0.4, 0.5) is 4.79 Å². The van der Waals surface area contributed by atoms with Gasteiger partial charge in [0.05, 0.1) is 59.7 Å². The van der Waals surface area contributed by atoms with Crippen LogP contribution < -0.4 is 5.32 Å². The molecule has 1 saturated heterocycles. The lowest BCUT2D eigenvalue weighted by Gasteiger charge is -2.32. The standard InChI is InChI=1S/C24H27Cl2N3O7/c1-5-36-23(32)20-16(12-35-10-9-29-11-17(30)28(3)24(29)33)27-13(2)18(22(31)34-4)19(20)14-7-6-8-15(25)21(14)26/h6-8,19,27H,5,9-12H2,1-4H3. The van der Waals surface area contributed by atoms with Gasteiger partial charge in [0.2, 0.25) is 5.91 Å². The van der Waals surface area contributed by atoms with Crippen molar-refractivity contribution in [2.24, 2.45) is 0 Å². The average Bonchev–Trinajstić information content (AvgIpc) is 3.09. The van der Waals surface area contributed by atoms with Gasteiger partial charge in [-0.2, -0.15) is 0 Å². The van der Waals surface area contributed by atoms with Crippen molar-refractivity contribution < 1.29 is 33.4 Å². The van der Waals surface area contributed by atoms with Gasteiger partial charge in [-0.15, -0.1) is 0 Å². The number of halogens is 2. The zero-order valence-electron chi connectivity index (χ0n) is 20.4. The van der Waals surface area contributed by atoms with Crippen molar-refractivity contribution >= 4 is 47.1 Å². The number of esters is 2. The summed E-state index contributed by atoms with van der Waals surface area (Å²) in [5, 5.41) is 3.51. The molecule has 1 N–H and O–H groups in total. The molecule has 194 valence electrons. The van der Waals surface area contributed by atoms with Gasteiger partial charge in [0, 0.05) is 19.3 Å². The first-order chi connectivity index (χ1) is 17.1. The number of nitrogens with one attached hydrogen (secondary N) is 1. The summed E-state index contributed by atoms with van der Waals surface area (Å²) < 4.78 is 16.1. The van der Waals surface area contributed by atoms with Crippen molar-refractivity contribution in [3.05, 3.63) is 56.3 Å². The summed E-state index contributed by atoms with van der Waals surface area (Å²) >= 11 is 12.8. The maximum Gasteiger partial charge on any atom is 0.336 e. The molecule has 0 bridgehead atoms. The number of hydrogen-bond donors (Lipinski definition) is 1. The molecule has 10 nitrogen and oxygen atoms in total. The number of imide groups is 1. The average molecular weight is 540 g/mol. The SMILES string of the molecule is CCOC(=O)C1=C(COCCN2CC(=O)N(C)C2=O)NC(C)=C(C(=O)OC)C1c1cccc(Cl)c1Cl. The molecule has 2 aliphatic heterocycles. The van der Waals surface area contributed by atoms with Gasteiger partial charge in [0.25, 0.3) is 0 Å². The molecule has 0 saturated carbocycles. The molecule has 1 unspecified atom stereocenters. The summed E-state index contributed by atoms with van der Waals surface area (Å²) in [7, 11) is 2.66. The van der Waals surface area contributed by atoms with E-state index >= 15 is 0 Å². The van der Waals surface area contributed by atoms with Gasteiger partial charge in [0.1, 0.15) is 6.54 Å². The first-order valence-corrected chi connectivity index (χ1v) is 11.9. The number of dihydropyridines is 1. The predicted octanol–water partition coefficient (Wildman–Crippen LogP) is 2.86. The minimum absolute atomic E-state index is 0.0204. The fraction of sp³-hybridized carbons (Fsp3) is 0.417. The van der Waals surface area contributed by atoms with Gasteiger partial charge in [0.15, 0.2) is 0 Å². The number of benzene rings is 1. The first-order valence-electron chi connectivity index (χ1n) is 11.2. The van der Waals surface area contributed by atoms with Crippen molar-refractivity contribution in [2.75, 3.05) is 47.1 Å². The Kier molecular flexibility index (Phi) is 8.99. The van der Waals surface area contributed by atoms with Crippen LogP contribution in [0.5, 0.6) is 0 Å². The van der Waals surface area contributed by atoms with E-state index in [-0.39, 0.29) is 60.0 Å². The van der Waals surface area contributed by atoms with Crippen LogP contribution in [0.15, 0.2) is 40.7 Å². The third-order valence-corrected chi connectivity index (χ3v) is 6.68. The topological polar surface area (TPSA) is 114 Å². The number of amides is 3. The van der Waals surface area contributed by atoms with Crippen LogP contribution in [0, 0.1) is 0 Å². The highest BCUT2D eigenvalue weighted by atomic mass is 35.5. The Morgan fingerprint density at radius 1 is 1.17 bits per heavy atom. The van der Waals surface area contributed by atoms with Crippen molar-refractivity contribution in [3.63, 3.8) is 0 Å². The maximum absolute atomic E-state index is 13.2. The van der Waals surface area contributed by atoms with Gasteiger partial charge < -0.3 is 24.4 Å². The number of nitrogens with zero attached hydrogens (tertiary/aromatic N) is 2. The number of rotatable bonds is 9. The molecule has 0 aromatic heterocycles. The molecule has 3 amide bonds. The highest BCUT2D eigenvalue weighted by molar-refractivity contribution is 6.42. The van der Waals surface area contributed by atoms with Crippen molar-refractivity contribution in [3.8, 4) is 0 Å². The Balaban J connectivity index is 1.96. The van der Waals surface area contributed by atoms with Crippen LogP contribution in [0.3, 0.4) is 0 Å². The number of allylic oxidation sites excluding steroid dienone is 1. The van der Waals surface area contributed by atoms with Crippen molar-refractivity contribution in [1.29, 1.82) is 0 Å². The van der Waals surface area contributed by atoms with Crippen LogP contribution in [0.25, 0.3) is 0 Å². The smallest absolute Gasteiger partial charge is 0.336 e. The summed E-state index contributed by atoms with van der Waals surface area (Å²) in [5.41, 5.74) is 1.53. The Labute approximate surface area is 218 Å².